The first-order valence-corrected chi connectivity index (χ1v) is 4.52. The summed E-state index contributed by atoms with van der Waals surface area (Å²) in [5, 5.41) is 2.85. The van der Waals surface area contributed by atoms with Crippen LogP contribution in [-0.4, -0.2) is 6.54 Å². The Morgan fingerprint density at radius 2 is 1.88 bits per heavy atom. The Kier molecular flexibility index (Phi) is 6.14. The van der Waals surface area contributed by atoms with Crippen LogP contribution in [0.3, 0.4) is 0 Å². The topological polar surface area (TPSA) is 12.0 Å². The molecule has 0 heterocycles. The highest BCUT2D eigenvalue weighted by atomic mass is 35.5. The maximum absolute atomic E-state index is 12.5. The van der Waals surface area contributed by atoms with E-state index in [-0.39, 0.29) is 24.5 Å². The quantitative estimate of drug-likeness (QED) is 0.639. The molecule has 16 heavy (non-hydrogen) atoms. The SMILES string of the molecule is C=CCNCc1ccccc1C(F)(F)F.Cl. The lowest BCUT2D eigenvalue weighted by atomic mass is 10.1. The molecule has 1 N–H and O–H groups in total. The van der Waals surface area contributed by atoms with Gasteiger partial charge < -0.3 is 5.32 Å². The van der Waals surface area contributed by atoms with Gasteiger partial charge in [0.25, 0.3) is 0 Å². The van der Waals surface area contributed by atoms with Crippen molar-refractivity contribution in [3.63, 3.8) is 0 Å². The van der Waals surface area contributed by atoms with Gasteiger partial charge in [-0.05, 0) is 11.6 Å². The largest absolute Gasteiger partial charge is 0.416 e. The first-order chi connectivity index (χ1) is 7.05. The van der Waals surface area contributed by atoms with Crippen LogP contribution in [-0.2, 0) is 12.7 Å². The summed E-state index contributed by atoms with van der Waals surface area (Å²) in [6, 6.07) is 5.55. The number of benzene rings is 1. The standard InChI is InChI=1S/C11H12F3N.ClH/c1-2-7-15-8-9-5-3-4-6-10(9)11(12,13)14;/h2-6,15H,1,7-8H2;1H. The summed E-state index contributed by atoms with van der Waals surface area (Å²) in [4.78, 5) is 0. The van der Waals surface area contributed by atoms with Crippen LogP contribution in [0.4, 0.5) is 13.2 Å². The molecule has 0 aromatic heterocycles. The van der Waals surface area contributed by atoms with E-state index in [1.807, 2.05) is 0 Å². The predicted octanol–water partition coefficient (Wildman–Crippen LogP) is 3.40. The molecule has 1 nitrogen and oxygen atoms in total. The van der Waals surface area contributed by atoms with Gasteiger partial charge in [0, 0.05) is 13.1 Å². The van der Waals surface area contributed by atoms with Crippen LogP contribution < -0.4 is 5.32 Å². The van der Waals surface area contributed by atoms with E-state index in [4.69, 9.17) is 0 Å². The molecular formula is C11H13ClF3N. The summed E-state index contributed by atoms with van der Waals surface area (Å²) in [6.45, 7) is 4.17. The molecule has 0 spiro atoms. The van der Waals surface area contributed by atoms with E-state index in [1.54, 1.807) is 12.1 Å². The van der Waals surface area contributed by atoms with Gasteiger partial charge in [-0.2, -0.15) is 13.2 Å². The van der Waals surface area contributed by atoms with Crippen LogP contribution in [0, 0.1) is 0 Å². The number of hydrogen-bond acceptors (Lipinski definition) is 1. The van der Waals surface area contributed by atoms with Crippen LogP contribution in [0.2, 0.25) is 0 Å². The summed E-state index contributed by atoms with van der Waals surface area (Å²) in [5.74, 6) is 0. The van der Waals surface area contributed by atoms with Crippen LogP contribution in [0.1, 0.15) is 11.1 Å². The molecule has 0 atom stereocenters. The van der Waals surface area contributed by atoms with Crippen molar-refractivity contribution in [1.29, 1.82) is 0 Å². The second-order valence-corrected chi connectivity index (χ2v) is 3.07. The highest BCUT2D eigenvalue weighted by Gasteiger charge is 2.32. The van der Waals surface area contributed by atoms with Crippen molar-refractivity contribution < 1.29 is 13.2 Å². The monoisotopic (exact) mass is 251 g/mol. The van der Waals surface area contributed by atoms with Gasteiger partial charge in [-0.3, -0.25) is 0 Å². The predicted molar refractivity (Wildman–Crippen MR) is 60.6 cm³/mol. The van der Waals surface area contributed by atoms with Crippen LogP contribution in [0.5, 0.6) is 0 Å². The molecule has 0 amide bonds. The highest BCUT2D eigenvalue weighted by Crippen LogP contribution is 2.31. The zero-order chi connectivity index (χ0) is 11.3. The lowest BCUT2D eigenvalue weighted by Gasteiger charge is -2.12. The fourth-order valence-corrected chi connectivity index (χ4v) is 1.26. The Hall–Kier alpha value is -1.00. The number of nitrogens with one attached hydrogen (secondary N) is 1. The van der Waals surface area contributed by atoms with Gasteiger partial charge in [0.15, 0.2) is 0 Å². The maximum Gasteiger partial charge on any atom is 0.416 e. The second kappa shape index (κ2) is 6.55. The zero-order valence-corrected chi connectivity index (χ0v) is 9.37. The van der Waals surface area contributed by atoms with Crippen molar-refractivity contribution in [1.82, 2.24) is 5.32 Å². The Bertz CT molecular complexity index is 336. The van der Waals surface area contributed by atoms with Gasteiger partial charge >= 0.3 is 6.18 Å². The van der Waals surface area contributed by atoms with E-state index in [2.05, 4.69) is 11.9 Å². The Morgan fingerprint density at radius 3 is 2.44 bits per heavy atom. The Morgan fingerprint density at radius 1 is 1.25 bits per heavy atom. The normalized spacial score (nSPS) is 10.7. The molecule has 1 aromatic rings. The minimum Gasteiger partial charge on any atom is -0.309 e. The minimum absolute atomic E-state index is 0. The number of alkyl halides is 3. The van der Waals surface area contributed by atoms with Gasteiger partial charge in [0.05, 0.1) is 5.56 Å². The van der Waals surface area contributed by atoms with Gasteiger partial charge in [-0.1, -0.05) is 24.3 Å². The van der Waals surface area contributed by atoms with E-state index in [0.717, 1.165) is 6.07 Å². The lowest BCUT2D eigenvalue weighted by Crippen LogP contribution is -2.17. The van der Waals surface area contributed by atoms with E-state index >= 15 is 0 Å². The Balaban J connectivity index is 0.00000225. The summed E-state index contributed by atoms with van der Waals surface area (Å²) in [5.41, 5.74) is -0.326. The number of hydrogen-bond donors (Lipinski definition) is 1. The van der Waals surface area contributed by atoms with Gasteiger partial charge in [-0.25, -0.2) is 0 Å². The maximum atomic E-state index is 12.5. The zero-order valence-electron chi connectivity index (χ0n) is 8.55. The molecule has 0 bridgehead atoms. The fraction of sp³-hybridized carbons (Fsp3) is 0.273. The van der Waals surface area contributed by atoms with E-state index < -0.39 is 11.7 Å². The van der Waals surface area contributed by atoms with E-state index in [1.165, 1.54) is 12.1 Å². The molecule has 0 unspecified atom stereocenters. The summed E-state index contributed by atoms with van der Waals surface area (Å²) >= 11 is 0. The third kappa shape index (κ3) is 4.24. The van der Waals surface area contributed by atoms with Crippen molar-refractivity contribution in [2.24, 2.45) is 0 Å². The molecule has 1 aromatic carbocycles. The molecule has 0 aliphatic carbocycles. The van der Waals surface area contributed by atoms with Crippen LogP contribution >= 0.6 is 12.4 Å². The van der Waals surface area contributed by atoms with Gasteiger partial charge in [-0.15, -0.1) is 19.0 Å². The molecule has 0 saturated carbocycles. The molecular weight excluding hydrogens is 239 g/mol. The van der Waals surface area contributed by atoms with Crippen molar-refractivity contribution in [2.75, 3.05) is 6.54 Å². The van der Waals surface area contributed by atoms with E-state index in [0.29, 0.717) is 6.54 Å². The summed E-state index contributed by atoms with van der Waals surface area (Å²) in [6.07, 6.45) is -2.68. The van der Waals surface area contributed by atoms with Gasteiger partial charge in [0.2, 0.25) is 0 Å². The molecule has 0 aliphatic heterocycles. The number of halogens is 4. The van der Waals surface area contributed by atoms with E-state index in [9.17, 15) is 13.2 Å². The Labute approximate surface area is 98.8 Å². The average Bonchev–Trinajstić information content (AvgIpc) is 2.17. The van der Waals surface area contributed by atoms with Crippen LogP contribution in [0.15, 0.2) is 36.9 Å². The molecule has 90 valence electrons. The lowest BCUT2D eigenvalue weighted by molar-refractivity contribution is -0.138. The van der Waals surface area contributed by atoms with Crippen molar-refractivity contribution in [3.8, 4) is 0 Å². The molecule has 0 radical (unpaired) electrons. The van der Waals surface area contributed by atoms with Crippen LogP contribution in [0.25, 0.3) is 0 Å². The van der Waals surface area contributed by atoms with Gasteiger partial charge in [0.1, 0.15) is 0 Å². The summed E-state index contributed by atoms with van der Waals surface area (Å²) in [7, 11) is 0. The second-order valence-electron chi connectivity index (χ2n) is 3.07. The van der Waals surface area contributed by atoms with Crippen molar-refractivity contribution >= 4 is 12.4 Å². The average molecular weight is 252 g/mol. The molecule has 0 fully saturated rings. The van der Waals surface area contributed by atoms with Crippen molar-refractivity contribution in [3.05, 3.63) is 48.0 Å². The molecule has 0 aliphatic rings. The third-order valence-electron chi connectivity index (χ3n) is 1.93. The smallest absolute Gasteiger partial charge is 0.309 e. The minimum atomic E-state index is -4.29. The highest BCUT2D eigenvalue weighted by molar-refractivity contribution is 5.85. The molecule has 0 saturated heterocycles. The summed E-state index contributed by atoms with van der Waals surface area (Å²) < 4.78 is 37.5. The third-order valence-corrected chi connectivity index (χ3v) is 1.93. The fourth-order valence-electron chi connectivity index (χ4n) is 1.26. The first kappa shape index (κ1) is 15.0. The molecule has 5 heteroatoms. The molecule has 1 rings (SSSR count). The first-order valence-electron chi connectivity index (χ1n) is 4.52. The van der Waals surface area contributed by atoms with Crippen molar-refractivity contribution in [2.45, 2.75) is 12.7 Å². The number of rotatable bonds is 4.